The van der Waals surface area contributed by atoms with Gasteiger partial charge in [0.05, 0.1) is 6.20 Å². The van der Waals surface area contributed by atoms with Crippen molar-refractivity contribution in [1.29, 1.82) is 0 Å². The third-order valence-electron chi connectivity index (χ3n) is 4.69. The van der Waals surface area contributed by atoms with Crippen molar-refractivity contribution in [3.05, 3.63) is 29.7 Å². The number of hydrogen-bond acceptors (Lipinski definition) is 4. The second kappa shape index (κ2) is 5.66. The third kappa shape index (κ3) is 2.76. The highest BCUT2D eigenvalue weighted by molar-refractivity contribution is 5.56. The van der Waals surface area contributed by atoms with Gasteiger partial charge in [0, 0.05) is 30.2 Å². The fourth-order valence-electron chi connectivity index (χ4n) is 3.23. The predicted octanol–water partition coefficient (Wildman–Crippen LogP) is 2.62. The Morgan fingerprint density at radius 1 is 1.52 bits per heavy atom. The van der Waals surface area contributed by atoms with E-state index in [2.05, 4.69) is 22.4 Å². The molecule has 1 saturated carbocycles. The molecule has 2 atom stereocenters. The molecule has 114 valence electrons. The van der Waals surface area contributed by atoms with Crippen LogP contribution in [0.15, 0.2) is 22.7 Å². The van der Waals surface area contributed by atoms with Crippen LogP contribution in [0.1, 0.15) is 37.5 Å². The third-order valence-corrected chi connectivity index (χ3v) is 4.69. The first-order valence-electron chi connectivity index (χ1n) is 7.56. The Hall–Kier alpha value is -1.59. The van der Waals surface area contributed by atoms with E-state index >= 15 is 0 Å². The zero-order valence-electron chi connectivity index (χ0n) is 12.6. The number of nitrogens with zero attached hydrogens (tertiary/aromatic N) is 1. The molecule has 0 amide bonds. The van der Waals surface area contributed by atoms with Gasteiger partial charge in [-0.2, -0.15) is 5.10 Å². The molecule has 2 aromatic rings. The van der Waals surface area contributed by atoms with Crippen LogP contribution < -0.4 is 5.32 Å². The summed E-state index contributed by atoms with van der Waals surface area (Å²) in [7, 11) is 0. The van der Waals surface area contributed by atoms with Gasteiger partial charge in [0.25, 0.3) is 0 Å². The molecular weight excluding hydrogens is 266 g/mol. The lowest BCUT2D eigenvalue weighted by Gasteiger charge is -2.30. The Morgan fingerprint density at radius 3 is 3.10 bits per heavy atom. The van der Waals surface area contributed by atoms with Gasteiger partial charge in [-0.15, -0.1) is 0 Å². The number of H-pyrrole nitrogens is 1. The number of aliphatic hydroxyl groups excluding tert-OH is 1. The van der Waals surface area contributed by atoms with Gasteiger partial charge in [-0.1, -0.05) is 13.3 Å². The Balaban J connectivity index is 1.71. The van der Waals surface area contributed by atoms with Gasteiger partial charge in [-0.05, 0) is 31.9 Å². The first kappa shape index (κ1) is 14.4. The standard InChI is InChI=1S/C16H23N3O2/c1-11-5-6-13(21-11)15-12(9-18-19-15)8-17-14-4-3-7-16(14,2)10-20/h5-6,9,14,17,20H,3-4,7-8,10H2,1-2H3,(H,18,19). The van der Waals surface area contributed by atoms with Crippen LogP contribution in [0, 0.1) is 12.3 Å². The minimum Gasteiger partial charge on any atom is -0.460 e. The van der Waals surface area contributed by atoms with Crippen molar-refractivity contribution in [3.8, 4) is 11.5 Å². The average Bonchev–Trinajstić information content (AvgIpc) is 3.17. The Morgan fingerprint density at radius 2 is 2.38 bits per heavy atom. The van der Waals surface area contributed by atoms with Crippen molar-refractivity contribution < 1.29 is 9.52 Å². The molecular formula is C16H23N3O2. The molecule has 2 heterocycles. The van der Waals surface area contributed by atoms with Crippen LogP contribution in [-0.2, 0) is 6.54 Å². The molecule has 2 unspecified atom stereocenters. The Labute approximate surface area is 124 Å². The van der Waals surface area contributed by atoms with E-state index in [4.69, 9.17) is 4.42 Å². The van der Waals surface area contributed by atoms with Crippen LogP contribution in [0.2, 0.25) is 0 Å². The highest BCUT2D eigenvalue weighted by atomic mass is 16.3. The van der Waals surface area contributed by atoms with Crippen molar-refractivity contribution in [2.75, 3.05) is 6.61 Å². The maximum atomic E-state index is 9.61. The van der Waals surface area contributed by atoms with Crippen molar-refractivity contribution >= 4 is 0 Å². The van der Waals surface area contributed by atoms with Crippen LogP contribution in [0.3, 0.4) is 0 Å². The van der Waals surface area contributed by atoms with Crippen LogP contribution in [-0.4, -0.2) is 28.0 Å². The molecule has 0 spiro atoms. The summed E-state index contributed by atoms with van der Waals surface area (Å²) in [6.45, 7) is 5.05. The van der Waals surface area contributed by atoms with Gasteiger partial charge in [0.1, 0.15) is 11.5 Å². The average molecular weight is 289 g/mol. The van der Waals surface area contributed by atoms with E-state index in [0.717, 1.165) is 42.2 Å². The normalized spacial score (nSPS) is 25.6. The summed E-state index contributed by atoms with van der Waals surface area (Å²) in [4.78, 5) is 0. The van der Waals surface area contributed by atoms with Gasteiger partial charge < -0.3 is 14.8 Å². The van der Waals surface area contributed by atoms with E-state index in [1.807, 2.05) is 25.3 Å². The van der Waals surface area contributed by atoms with Crippen molar-refractivity contribution in [1.82, 2.24) is 15.5 Å². The van der Waals surface area contributed by atoms with Gasteiger partial charge in [-0.25, -0.2) is 0 Å². The van der Waals surface area contributed by atoms with Crippen molar-refractivity contribution in [2.45, 2.75) is 45.7 Å². The van der Waals surface area contributed by atoms with Crippen molar-refractivity contribution in [3.63, 3.8) is 0 Å². The van der Waals surface area contributed by atoms with Crippen LogP contribution in [0.4, 0.5) is 0 Å². The quantitative estimate of drug-likeness (QED) is 0.791. The molecule has 3 rings (SSSR count). The molecule has 1 aliphatic rings. The molecule has 1 aliphatic carbocycles. The number of aliphatic hydroxyl groups is 1. The number of furan rings is 1. The summed E-state index contributed by atoms with van der Waals surface area (Å²) < 4.78 is 5.66. The summed E-state index contributed by atoms with van der Waals surface area (Å²) in [5.41, 5.74) is 2.02. The van der Waals surface area contributed by atoms with Gasteiger partial charge in [0.2, 0.25) is 0 Å². The van der Waals surface area contributed by atoms with E-state index in [9.17, 15) is 5.11 Å². The fraction of sp³-hybridized carbons (Fsp3) is 0.562. The van der Waals surface area contributed by atoms with Crippen molar-refractivity contribution in [2.24, 2.45) is 5.41 Å². The van der Waals surface area contributed by atoms with Gasteiger partial charge >= 0.3 is 0 Å². The van der Waals surface area contributed by atoms with E-state index in [1.54, 1.807) is 0 Å². The monoisotopic (exact) mass is 289 g/mol. The molecule has 5 heteroatoms. The Bertz CT molecular complexity index is 604. The molecule has 3 N–H and O–H groups in total. The first-order chi connectivity index (χ1) is 10.1. The topological polar surface area (TPSA) is 74.1 Å². The highest BCUT2D eigenvalue weighted by Crippen LogP contribution is 2.37. The van der Waals surface area contributed by atoms with Crippen LogP contribution in [0.25, 0.3) is 11.5 Å². The molecule has 0 aromatic carbocycles. The second-order valence-electron chi connectivity index (χ2n) is 6.32. The number of nitrogens with one attached hydrogen (secondary N) is 2. The lowest BCUT2D eigenvalue weighted by atomic mass is 9.86. The largest absolute Gasteiger partial charge is 0.460 e. The molecule has 0 aliphatic heterocycles. The van der Waals surface area contributed by atoms with Crippen LogP contribution in [0.5, 0.6) is 0 Å². The summed E-state index contributed by atoms with van der Waals surface area (Å²) in [6, 6.07) is 4.26. The summed E-state index contributed by atoms with van der Waals surface area (Å²) >= 11 is 0. The van der Waals surface area contributed by atoms with E-state index in [0.29, 0.717) is 6.04 Å². The van der Waals surface area contributed by atoms with E-state index in [1.165, 1.54) is 6.42 Å². The molecule has 21 heavy (non-hydrogen) atoms. The number of hydrogen-bond donors (Lipinski definition) is 3. The molecule has 1 fully saturated rings. The number of aryl methyl sites for hydroxylation is 1. The smallest absolute Gasteiger partial charge is 0.152 e. The zero-order chi connectivity index (χ0) is 14.9. The van der Waals surface area contributed by atoms with E-state index in [-0.39, 0.29) is 12.0 Å². The Kier molecular flexibility index (Phi) is 3.87. The van der Waals surface area contributed by atoms with Gasteiger partial charge in [-0.3, -0.25) is 5.10 Å². The molecule has 0 bridgehead atoms. The zero-order valence-corrected chi connectivity index (χ0v) is 12.6. The maximum Gasteiger partial charge on any atom is 0.152 e. The summed E-state index contributed by atoms with van der Waals surface area (Å²) in [6.07, 6.45) is 5.21. The molecule has 2 aromatic heterocycles. The minimum atomic E-state index is -0.00876. The number of aromatic amines is 1. The fourth-order valence-corrected chi connectivity index (χ4v) is 3.23. The molecule has 0 radical (unpaired) electrons. The first-order valence-corrected chi connectivity index (χ1v) is 7.56. The number of aromatic nitrogens is 2. The number of rotatable bonds is 5. The maximum absolute atomic E-state index is 9.61. The highest BCUT2D eigenvalue weighted by Gasteiger charge is 2.37. The lowest BCUT2D eigenvalue weighted by Crippen LogP contribution is -2.41. The second-order valence-corrected chi connectivity index (χ2v) is 6.32. The lowest BCUT2D eigenvalue weighted by molar-refractivity contribution is 0.118. The molecule has 5 nitrogen and oxygen atoms in total. The summed E-state index contributed by atoms with van der Waals surface area (Å²) in [5.74, 6) is 1.71. The van der Waals surface area contributed by atoms with Crippen LogP contribution >= 0.6 is 0 Å². The van der Waals surface area contributed by atoms with E-state index < -0.39 is 0 Å². The summed E-state index contributed by atoms with van der Waals surface area (Å²) in [5, 5.41) is 20.3. The minimum absolute atomic E-state index is 0.00876. The SMILES string of the molecule is Cc1ccc(-c2[nH]ncc2CNC2CCCC2(C)CO)o1. The molecule has 0 saturated heterocycles. The van der Waals surface area contributed by atoms with Gasteiger partial charge in [0.15, 0.2) is 5.76 Å². The predicted molar refractivity (Wildman–Crippen MR) is 80.7 cm³/mol.